The number of hydrogen-bond acceptors (Lipinski definition) is 7. The van der Waals surface area contributed by atoms with E-state index in [1.807, 2.05) is 0 Å². The summed E-state index contributed by atoms with van der Waals surface area (Å²) >= 11 is 0. The van der Waals surface area contributed by atoms with E-state index in [1.165, 1.54) is 6.92 Å². The number of carbonyl (C=O) groups is 3. The molecule has 3 aliphatic carbocycles. The minimum atomic E-state index is -1.77. The Hall–Kier alpha value is -1.57. The van der Waals surface area contributed by atoms with Crippen molar-refractivity contribution < 1.29 is 34.4 Å². The highest BCUT2D eigenvalue weighted by atomic mass is 16.6. The minimum absolute atomic E-state index is 0.288. The second kappa shape index (κ2) is 4.82. The summed E-state index contributed by atoms with van der Waals surface area (Å²) in [5.41, 5.74) is -4.33. The van der Waals surface area contributed by atoms with Gasteiger partial charge in [-0.1, -0.05) is 20.8 Å². The van der Waals surface area contributed by atoms with Gasteiger partial charge in [-0.3, -0.25) is 14.4 Å². The highest BCUT2D eigenvalue weighted by molar-refractivity contribution is 6.00. The molecule has 4 aliphatic rings. The molecule has 2 bridgehead atoms. The van der Waals surface area contributed by atoms with Crippen molar-refractivity contribution in [3.05, 3.63) is 11.6 Å². The van der Waals surface area contributed by atoms with Crippen LogP contribution in [0.5, 0.6) is 0 Å². The molecule has 7 nitrogen and oxygen atoms in total. The summed E-state index contributed by atoms with van der Waals surface area (Å²) in [6, 6.07) is 0. The van der Waals surface area contributed by atoms with Crippen LogP contribution in [0.3, 0.4) is 0 Å². The first kappa shape index (κ1) is 17.8. The molecule has 1 aliphatic heterocycles. The Morgan fingerprint density at radius 3 is 2.42 bits per heavy atom. The van der Waals surface area contributed by atoms with Crippen LogP contribution in [0.2, 0.25) is 0 Å². The molecule has 0 aromatic heterocycles. The molecule has 0 aromatic rings. The SMILES string of the molecule is CC1=CC(=O)[C@H](O)[C@@]2(C)[C@@H]3[C@H](O)[C@H]4OC(=O)[C@H]([C@@H]4C)[C@@]3(C)C(=O)C[C@]12O. The van der Waals surface area contributed by atoms with Crippen LogP contribution in [-0.4, -0.2) is 56.8 Å². The molecular weight excluding hydrogens is 340 g/mol. The summed E-state index contributed by atoms with van der Waals surface area (Å²) in [5.74, 6) is -3.62. The van der Waals surface area contributed by atoms with Crippen LogP contribution in [0.15, 0.2) is 11.6 Å². The zero-order chi connectivity index (χ0) is 19.4. The van der Waals surface area contributed by atoms with Gasteiger partial charge in [0.15, 0.2) is 5.78 Å². The first-order valence-electron chi connectivity index (χ1n) is 8.97. The van der Waals surface area contributed by atoms with Gasteiger partial charge in [0.25, 0.3) is 0 Å². The Bertz CT molecular complexity index is 772. The molecule has 0 unspecified atom stereocenters. The van der Waals surface area contributed by atoms with Gasteiger partial charge in [0, 0.05) is 29.1 Å². The van der Waals surface area contributed by atoms with Crippen molar-refractivity contribution >= 4 is 17.5 Å². The van der Waals surface area contributed by atoms with E-state index in [9.17, 15) is 29.7 Å². The lowest BCUT2D eigenvalue weighted by Crippen LogP contribution is -2.75. The third kappa shape index (κ3) is 1.59. The average Bonchev–Trinajstić information content (AvgIpc) is 2.80. The van der Waals surface area contributed by atoms with Crippen molar-refractivity contribution in [1.82, 2.24) is 0 Å². The van der Waals surface area contributed by atoms with E-state index in [1.54, 1.807) is 20.8 Å². The highest BCUT2D eigenvalue weighted by Gasteiger charge is 2.78. The average molecular weight is 364 g/mol. The summed E-state index contributed by atoms with van der Waals surface area (Å²) in [6.07, 6.45) is -2.85. The predicted molar refractivity (Wildman–Crippen MR) is 87.6 cm³/mol. The predicted octanol–water partition coefficient (Wildman–Crippen LogP) is -0.239. The van der Waals surface area contributed by atoms with Crippen LogP contribution in [0.1, 0.15) is 34.1 Å². The van der Waals surface area contributed by atoms with Gasteiger partial charge in [0.1, 0.15) is 23.6 Å². The zero-order valence-corrected chi connectivity index (χ0v) is 15.2. The van der Waals surface area contributed by atoms with Crippen LogP contribution >= 0.6 is 0 Å². The van der Waals surface area contributed by atoms with E-state index in [0.29, 0.717) is 0 Å². The Morgan fingerprint density at radius 2 is 1.81 bits per heavy atom. The molecule has 7 heteroatoms. The number of rotatable bonds is 0. The van der Waals surface area contributed by atoms with Gasteiger partial charge in [0.05, 0.1) is 12.0 Å². The van der Waals surface area contributed by atoms with Gasteiger partial charge in [0.2, 0.25) is 0 Å². The van der Waals surface area contributed by atoms with Crippen molar-refractivity contribution in [3.63, 3.8) is 0 Å². The quantitative estimate of drug-likeness (QED) is 0.507. The van der Waals surface area contributed by atoms with Crippen molar-refractivity contribution in [2.45, 2.75) is 58.0 Å². The molecule has 26 heavy (non-hydrogen) atoms. The number of fused-ring (bicyclic) bond motifs is 6. The largest absolute Gasteiger partial charge is 0.459 e. The summed E-state index contributed by atoms with van der Waals surface area (Å²) < 4.78 is 5.36. The molecule has 2 saturated carbocycles. The lowest BCUT2D eigenvalue weighted by molar-refractivity contribution is -0.245. The summed E-state index contributed by atoms with van der Waals surface area (Å²) in [6.45, 7) is 6.44. The van der Waals surface area contributed by atoms with Gasteiger partial charge >= 0.3 is 5.97 Å². The first-order chi connectivity index (χ1) is 11.9. The molecule has 0 aromatic carbocycles. The molecule has 1 saturated heterocycles. The maximum atomic E-state index is 13.2. The second-order valence-corrected chi connectivity index (χ2v) is 8.86. The Morgan fingerprint density at radius 1 is 1.19 bits per heavy atom. The fourth-order valence-electron chi connectivity index (χ4n) is 6.49. The molecule has 0 spiro atoms. The van der Waals surface area contributed by atoms with Crippen LogP contribution in [0.25, 0.3) is 0 Å². The Labute approximate surface area is 151 Å². The molecule has 3 fully saturated rings. The van der Waals surface area contributed by atoms with Gasteiger partial charge in [-0.15, -0.1) is 0 Å². The van der Waals surface area contributed by atoms with Crippen molar-refractivity contribution in [3.8, 4) is 0 Å². The number of aliphatic hydroxyl groups is 3. The number of ether oxygens (including phenoxy) is 1. The van der Waals surface area contributed by atoms with E-state index >= 15 is 0 Å². The number of esters is 1. The fraction of sp³-hybridized carbons (Fsp3) is 0.737. The van der Waals surface area contributed by atoms with Gasteiger partial charge in [-0.25, -0.2) is 0 Å². The molecule has 0 radical (unpaired) electrons. The molecule has 4 rings (SSSR count). The van der Waals surface area contributed by atoms with E-state index in [2.05, 4.69) is 0 Å². The standard InChI is InChI=1S/C19H24O7/c1-7-5-9(20)15(23)18(4)14-12(22)13-8(2)11(16(24)26-13)17(14,3)10(21)6-19(7,18)25/h5,8,11-15,22-23,25H,6H2,1-4H3/t8-,11-,12+,13-,14+,15-,17+,18+,19-/m0/s1. The smallest absolute Gasteiger partial charge is 0.310 e. The van der Waals surface area contributed by atoms with E-state index in [4.69, 9.17) is 4.74 Å². The van der Waals surface area contributed by atoms with E-state index in [-0.39, 0.29) is 23.7 Å². The van der Waals surface area contributed by atoms with E-state index in [0.717, 1.165) is 6.08 Å². The maximum Gasteiger partial charge on any atom is 0.310 e. The Kier molecular flexibility index (Phi) is 3.31. The Balaban J connectivity index is 2.01. The number of hydrogen-bond donors (Lipinski definition) is 3. The number of ketones is 2. The normalized spacial score (nSPS) is 55.8. The number of aliphatic hydroxyl groups excluding tert-OH is 2. The fourth-order valence-corrected chi connectivity index (χ4v) is 6.49. The van der Waals surface area contributed by atoms with Crippen molar-refractivity contribution in [2.24, 2.45) is 28.6 Å². The molecule has 3 N–H and O–H groups in total. The second-order valence-electron chi connectivity index (χ2n) is 8.86. The van der Waals surface area contributed by atoms with Crippen LogP contribution in [0.4, 0.5) is 0 Å². The summed E-state index contributed by atoms with van der Waals surface area (Å²) in [7, 11) is 0. The van der Waals surface area contributed by atoms with Crippen LogP contribution in [-0.2, 0) is 19.1 Å². The third-order valence-electron chi connectivity index (χ3n) is 7.92. The summed E-state index contributed by atoms with van der Waals surface area (Å²) in [5, 5.41) is 33.3. The van der Waals surface area contributed by atoms with Crippen molar-refractivity contribution in [1.29, 1.82) is 0 Å². The van der Waals surface area contributed by atoms with E-state index < -0.39 is 58.3 Å². The van der Waals surface area contributed by atoms with Crippen molar-refractivity contribution in [2.75, 3.05) is 0 Å². The molecule has 0 amide bonds. The lowest BCUT2D eigenvalue weighted by atomic mass is 9.38. The number of carbonyl (C=O) groups excluding carboxylic acids is 3. The zero-order valence-electron chi connectivity index (χ0n) is 15.2. The topological polar surface area (TPSA) is 121 Å². The summed E-state index contributed by atoms with van der Waals surface area (Å²) in [4.78, 5) is 38.1. The van der Waals surface area contributed by atoms with Gasteiger partial charge < -0.3 is 20.1 Å². The highest BCUT2D eigenvalue weighted by Crippen LogP contribution is 2.67. The van der Waals surface area contributed by atoms with Crippen LogP contribution in [0, 0.1) is 28.6 Å². The van der Waals surface area contributed by atoms with Gasteiger partial charge in [-0.05, 0) is 18.6 Å². The monoisotopic (exact) mass is 364 g/mol. The first-order valence-corrected chi connectivity index (χ1v) is 8.97. The maximum absolute atomic E-state index is 13.2. The number of Topliss-reactive ketones (excluding diaryl/α,β-unsaturated/α-hetero) is 1. The molecule has 1 heterocycles. The minimum Gasteiger partial charge on any atom is -0.459 e. The molecule has 142 valence electrons. The third-order valence-corrected chi connectivity index (χ3v) is 7.92. The van der Waals surface area contributed by atoms with Gasteiger partial charge in [-0.2, -0.15) is 0 Å². The molecular formula is C19H24O7. The van der Waals surface area contributed by atoms with Crippen LogP contribution < -0.4 is 0 Å². The molecule has 9 atom stereocenters. The lowest BCUT2D eigenvalue weighted by Gasteiger charge is -2.65.